The minimum atomic E-state index is -2.08. The summed E-state index contributed by atoms with van der Waals surface area (Å²) in [7, 11) is 0. The molecule has 0 saturated carbocycles. The molecule has 1 aliphatic heterocycles. The van der Waals surface area contributed by atoms with Crippen molar-refractivity contribution in [2.75, 3.05) is 16.8 Å². The molecule has 0 spiro atoms. The van der Waals surface area contributed by atoms with Gasteiger partial charge < -0.3 is 15.0 Å². The van der Waals surface area contributed by atoms with E-state index in [4.69, 9.17) is 39.5 Å². The van der Waals surface area contributed by atoms with Crippen molar-refractivity contribution in [3.63, 3.8) is 0 Å². The summed E-state index contributed by atoms with van der Waals surface area (Å²) in [5, 5.41) is 2.50. The molecule has 0 bridgehead atoms. The number of fused-ring (bicyclic) bond motifs is 1. The van der Waals surface area contributed by atoms with E-state index in [2.05, 4.69) is 5.32 Å². The van der Waals surface area contributed by atoms with Crippen molar-refractivity contribution in [3.8, 4) is 5.75 Å². The summed E-state index contributed by atoms with van der Waals surface area (Å²) < 4.78 is 3.37. The average Bonchev–Trinajstić information content (AvgIpc) is 2.57. The van der Waals surface area contributed by atoms with Gasteiger partial charge in [-0.2, -0.15) is 0 Å². The maximum absolute atomic E-state index is 12.3. The Balaban J connectivity index is 1.89. The maximum Gasteiger partial charge on any atom is 0.276 e. The van der Waals surface area contributed by atoms with Crippen LogP contribution in [0.5, 0.6) is 5.75 Å². The number of amides is 2. The first kappa shape index (κ1) is 17.9. The van der Waals surface area contributed by atoms with Gasteiger partial charge in [0.25, 0.3) is 15.6 Å². The lowest BCUT2D eigenvalue weighted by Crippen LogP contribution is -2.38. The number of ether oxygens (including phenoxy) is 1. The molecule has 0 fully saturated rings. The number of nitrogens with one attached hydrogen (secondary N) is 1. The first-order valence-corrected chi connectivity index (χ1v) is 8.47. The summed E-state index contributed by atoms with van der Waals surface area (Å²) in [6, 6.07) is 14.5. The van der Waals surface area contributed by atoms with E-state index in [1.54, 1.807) is 23.1 Å². The van der Waals surface area contributed by atoms with Crippen LogP contribution in [0.25, 0.3) is 0 Å². The van der Waals surface area contributed by atoms with Crippen molar-refractivity contribution in [2.24, 2.45) is 0 Å². The summed E-state index contributed by atoms with van der Waals surface area (Å²) in [5.41, 5.74) is 1.91. The lowest BCUT2D eigenvalue weighted by Gasteiger charge is -2.30. The number of halogens is 3. The van der Waals surface area contributed by atoms with Crippen LogP contribution in [0, 0.1) is 0 Å². The van der Waals surface area contributed by atoms with Gasteiger partial charge in [-0.1, -0.05) is 65.1 Å². The number of benzene rings is 2. The number of hydrogen-bond acceptors (Lipinski definition) is 3. The highest BCUT2D eigenvalue weighted by atomic mass is 35.6. The fraction of sp³-hybridized carbons (Fsp3) is 0.176. The lowest BCUT2D eigenvalue weighted by atomic mass is 10.1. The lowest BCUT2D eigenvalue weighted by molar-refractivity contribution is -0.121. The number of nitrogens with zero attached hydrogens (tertiary/aromatic N) is 1. The van der Waals surface area contributed by atoms with Crippen LogP contribution in [0.3, 0.4) is 0 Å². The molecule has 1 N–H and O–H groups in total. The maximum atomic E-state index is 12.3. The van der Waals surface area contributed by atoms with Gasteiger partial charge in [-0.15, -0.1) is 0 Å². The molecule has 2 amide bonds. The van der Waals surface area contributed by atoms with Crippen molar-refractivity contribution in [2.45, 2.75) is 10.3 Å². The molecular weight excluding hydrogens is 387 g/mol. The molecule has 1 aliphatic rings. The van der Waals surface area contributed by atoms with E-state index < -0.39 is 9.70 Å². The van der Waals surface area contributed by atoms with Crippen LogP contribution in [0.15, 0.2) is 48.5 Å². The molecule has 130 valence electrons. The molecule has 0 unspecified atom stereocenters. The summed E-state index contributed by atoms with van der Waals surface area (Å²) in [4.78, 5) is 25.7. The number of rotatable bonds is 3. The molecule has 0 aromatic heterocycles. The normalized spacial score (nSPS) is 13.9. The second-order valence-corrected chi connectivity index (χ2v) is 7.67. The zero-order chi connectivity index (χ0) is 18.0. The topological polar surface area (TPSA) is 58.6 Å². The largest absolute Gasteiger partial charge is 0.482 e. The minimum absolute atomic E-state index is 0.0420. The third-order valence-electron chi connectivity index (χ3n) is 3.60. The molecule has 2 aromatic rings. The molecule has 0 aliphatic carbocycles. The van der Waals surface area contributed by atoms with Gasteiger partial charge >= 0.3 is 0 Å². The van der Waals surface area contributed by atoms with Crippen molar-refractivity contribution in [1.29, 1.82) is 0 Å². The zero-order valence-electron chi connectivity index (χ0n) is 12.8. The first-order valence-electron chi connectivity index (χ1n) is 7.34. The van der Waals surface area contributed by atoms with Crippen LogP contribution in [0.4, 0.5) is 11.4 Å². The quantitative estimate of drug-likeness (QED) is 0.796. The second kappa shape index (κ2) is 7.12. The van der Waals surface area contributed by atoms with E-state index in [-0.39, 0.29) is 12.5 Å². The molecule has 3 rings (SSSR count). The first-order chi connectivity index (χ1) is 11.8. The van der Waals surface area contributed by atoms with Crippen molar-refractivity contribution in [3.05, 3.63) is 54.1 Å². The number of hydrogen-bond donors (Lipinski definition) is 1. The Morgan fingerprint density at radius 3 is 2.56 bits per heavy atom. The number of alkyl halides is 3. The van der Waals surface area contributed by atoms with E-state index >= 15 is 0 Å². The van der Waals surface area contributed by atoms with E-state index in [1.165, 1.54) is 0 Å². The fourth-order valence-corrected chi connectivity index (χ4v) is 2.56. The van der Waals surface area contributed by atoms with Gasteiger partial charge in [-0.05, 0) is 23.8 Å². The average molecular weight is 400 g/mol. The van der Waals surface area contributed by atoms with Crippen molar-refractivity contribution >= 4 is 58.0 Å². The van der Waals surface area contributed by atoms with Crippen LogP contribution < -0.4 is 15.0 Å². The van der Waals surface area contributed by atoms with Crippen LogP contribution in [0.2, 0.25) is 0 Å². The van der Waals surface area contributed by atoms with Gasteiger partial charge in [0, 0.05) is 5.69 Å². The Morgan fingerprint density at radius 2 is 1.88 bits per heavy atom. The Bertz CT molecular complexity index is 807. The van der Waals surface area contributed by atoms with Gasteiger partial charge in [0.15, 0.2) is 6.61 Å². The highest BCUT2D eigenvalue weighted by molar-refractivity contribution is 6.76. The number of carbonyl (C=O) groups excluding carboxylic acids is 2. The third kappa shape index (κ3) is 4.18. The second-order valence-electron chi connectivity index (χ2n) is 5.39. The van der Waals surface area contributed by atoms with Crippen molar-refractivity contribution in [1.82, 2.24) is 0 Å². The Labute approximate surface area is 159 Å². The molecule has 0 atom stereocenters. The Morgan fingerprint density at radius 1 is 1.16 bits per heavy atom. The van der Waals surface area contributed by atoms with E-state index in [1.807, 2.05) is 30.3 Å². The molecule has 8 heteroatoms. The van der Waals surface area contributed by atoms with E-state index in [0.29, 0.717) is 23.7 Å². The standard InChI is InChI=1S/C17H13Cl3N2O3/c18-17(19,20)16(24)21-12-6-7-14-13(8-12)22(15(23)10-25-14)9-11-4-2-1-3-5-11/h1-8H,9-10H2,(H,21,24). The Hall–Kier alpha value is -1.95. The fourth-order valence-electron chi connectivity index (χ4n) is 2.42. The zero-order valence-corrected chi connectivity index (χ0v) is 15.1. The monoisotopic (exact) mass is 398 g/mol. The summed E-state index contributed by atoms with van der Waals surface area (Å²) in [5.74, 6) is -0.418. The highest BCUT2D eigenvalue weighted by Gasteiger charge is 2.31. The predicted octanol–water partition coefficient (Wildman–Crippen LogP) is 3.92. The smallest absolute Gasteiger partial charge is 0.276 e. The van der Waals surface area contributed by atoms with Crippen LogP contribution in [-0.4, -0.2) is 22.2 Å². The number of carbonyl (C=O) groups is 2. The number of anilines is 2. The molecule has 25 heavy (non-hydrogen) atoms. The minimum Gasteiger partial charge on any atom is -0.482 e. The SMILES string of the molecule is O=C1COc2ccc(NC(=O)C(Cl)(Cl)Cl)cc2N1Cc1ccccc1. The van der Waals surface area contributed by atoms with Gasteiger partial charge in [0.2, 0.25) is 0 Å². The predicted molar refractivity (Wildman–Crippen MR) is 98.5 cm³/mol. The third-order valence-corrected chi connectivity index (χ3v) is 4.12. The highest BCUT2D eigenvalue weighted by Crippen LogP contribution is 2.36. The van der Waals surface area contributed by atoms with Crippen molar-refractivity contribution < 1.29 is 14.3 Å². The van der Waals surface area contributed by atoms with Crippen LogP contribution in [-0.2, 0) is 16.1 Å². The summed E-state index contributed by atoms with van der Waals surface area (Å²) in [6.07, 6.45) is 0. The molecule has 1 heterocycles. The molecular formula is C17H13Cl3N2O3. The van der Waals surface area contributed by atoms with Crippen LogP contribution >= 0.6 is 34.8 Å². The van der Waals surface area contributed by atoms with E-state index in [9.17, 15) is 9.59 Å². The van der Waals surface area contributed by atoms with Gasteiger partial charge in [-0.25, -0.2) is 0 Å². The van der Waals surface area contributed by atoms with Gasteiger partial charge in [0.1, 0.15) is 5.75 Å². The van der Waals surface area contributed by atoms with E-state index in [0.717, 1.165) is 5.56 Å². The summed E-state index contributed by atoms with van der Waals surface area (Å²) in [6.45, 7) is 0.345. The summed E-state index contributed by atoms with van der Waals surface area (Å²) >= 11 is 16.7. The van der Waals surface area contributed by atoms with Gasteiger partial charge in [0.05, 0.1) is 12.2 Å². The molecule has 2 aromatic carbocycles. The van der Waals surface area contributed by atoms with Crippen LogP contribution in [0.1, 0.15) is 5.56 Å². The van der Waals surface area contributed by atoms with Gasteiger partial charge in [-0.3, -0.25) is 9.59 Å². The molecule has 0 radical (unpaired) electrons. The Kier molecular flexibility index (Phi) is 5.08. The molecule has 0 saturated heterocycles. The molecule has 5 nitrogen and oxygen atoms in total.